The number of halogens is 1. The van der Waals surface area contributed by atoms with Gasteiger partial charge in [0, 0.05) is 47.4 Å². The SMILES string of the molecule is O=C(NC1CCCCC1)[C@@H](Cc1ccccc1)N(Cc1ccc(Br)cc1)C(=O)CCCN1C(=O)c2cccc3cccc1c23. The number of hydrogen-bond donors (Lipinski definition) is 1. The van der Waals surface area contributed by atoms with Crippen LogP contribution >= 0.6 is 15.9 Å². The van der Waals surface area contributed by atoms with E-state index in [4.69, 9.17) is 0 Å². The van der Waals surface area contributed by atoms with Crippen LogP contribution in [0, 0.1) is 0 Å². The minimum Gasteiger partial charge on any atom is -0.352 e. The van der Waals surface area contributed by atoms with Gasteiger partial charge in [0.15, 0.2) is 0 Å². The van der Waals surface area contributed by atoms with Crippen molar-refractivity contribution in [2.75, 3.05) is 11.4 Å². The van der Waals surface area contributed by atoms with Gasteiger partial charge in [0.05, 0.1) is 5.69 Å². The maximum atomic E-state index is 14.1. The molecule has 4 aromatic carbocycles. The molecule has 1 N–H and O–H groups in total. The first kappa shape index (κ1) is 30.1. The van der Waals surface area contributed by atoms with Crippen LogP contribution in [0.5, 0.6) is 0 Å². The van der Waals surface area contributed by atoms with Crippen LogP contribution in [0.4, 0.5) is 5.69 Å². The minimum absolute atomic E-state index is 0.0234. The summed E-state index contributed by atoms with van der Waals surface area (Å²) in [5.41, 5.74) is 3.58. The van der Waals surface area contributed by atoms with E-state index in [1.54, 1.807) is 9.80 Å². The number of nitrogens with one attached hydrogen (secondary N) is 1. The normalized spacial score (nSPS) is 15.4. The Morgan fingerprint density at radius 2 is 1.59 bits per heavy atom. The summed E-state index contributed by atoms with van der Waals surface area (Å²) in [6.45, 7) is 0.761. The van der Waals surface area contributed by atoms with E-state index in [0.717, 1.165) is 57.7 Å². The molecule has 0 unspecified atom stereocenters. The highest BCUT2D eigenvalue weighted by molar-refractivity contribution is 9.10. The molecule has 3 amide bonds. The summed E-state index contributed by atoms with van der Waals surface area (Å²) < 4.78 is 0.960. The van der Waals surface area contributed by atoms with E-state index >= 15 is 0 Å². The second kappa shape index (κ2) is 13.8. The van der Waals surface area contributed by atoms with Crippen molar-refractivity contribution in [1.82, 2.24) is 10.2 Å². The Bertz CT molecular complexity index is 1630. The second-order valence-electron chi connectivity index (χ2n) is 11.9. The first-order valence-electron chi connectivity index (χ1n) is 15.7. The fourth-order valence-corrected chi connectivity index (χ4v) is 6.88. The molecule has 1 aliphatic carbocycles. The van der Waals surface area contributed by atoms with Crippen LogP contribution in [0.15, 0.2) is 95.5 Å². The third-order valence-corrected chi connectivity index (χ3v) is 9.44. The fraction of sp³-hybridized carbons (Fsp3) is 0.324. The Balaban J connectivity index is 1.23. The lowest BCUT2D eigenvalue weighted by atomic mass is 9.94. The first-order valence-corrected chi connectivity index (χ1v) is 16.5. The predicted molar refractivity (Wildman–Crippen MR) is 179 cm³/mol. The topological polar surface area (TPSA) is 69.7 Å². The molecule has 1 fully saturated rings. The highest BCUT2D eigenvalue weighted by Crippen LogP contribution is 2.37. The van der Waals surface area contributed by atoms with Crippen LogP contribution in [-0.4, -0.2) is 41.2 Å². The molecule has 0 spiro atoms. The van der Waals surface area contributed by atoms with Crippen LogP contribution in [0.3, 0.4) is 0 Å². The van der Waals surface area contributed by atoms with Gasteiger partial charge in [0.25, 0.3) is 5.91 Å². The van der Waals surface area contributed by atoms with E-state index in [1.807, 2.05) is 91.0 Å². The molecular formula is C37H38BrN3O3. The second-order valence-corrected chi connectivity index (χ2v) is 12.9. The van der Waals surface area contributed by atoms with E-state index in [-0.39, 0.29) is 30.2 Å². The van der Waals surface area contributed by atoms with E-state index in [2.05, 4.69) is 21.2 Å². The highest BCUT2D eigenvalue weighted by atomic mass is 79.9. The minimum atomic E-state index is -0.651. The zero-order chi connectivity index (χ0) is 30.5. The molecule has 6 rings (SSSR count). The molecule has 6 nitrogen and oxygen atoms in total. The average molecular weight is 653 g/mol. The number of rotatable bonds is 11. The summed E-state index contributed by atoms with van der Waals surface area (Å²) >= 11 is 3.51. The third-order valence-electron chi connectivity index (χ3n) is 8.91. The Hall–Kier alpha value is -3.97. The van der Waals surface area contributed by atoms with Crippen molar-refractivity contribution in [3.63, 3.8) is 0 Å². The summed E-state index contributed by atoms with van der Waals surface area (Å²) in [6, 6.07) is 29.1. The summed E-state index contributed by atoms with van der Waals surface area (Å²) in [4.78, 5) is 45.0. The maximum absolute atomic E-state index is 14.1. The average Bonchev–Trinajstić information content (AvgIpc) is 3.32. The molecule has 7 heteroatoms. The Morgan fingerprint density at radius 3 is 2.34 bits per heavy atom. The molecule has 226 valence electrons. The number of hydrogen-bond acceptors (Lipinski definition) is 3. The lowest BCUT2D eigenvalue weighted by Gasteiger charge is -2.33. The van der Waals surface area contributed by atoms with Crippen LogP contribution in [0.25, 0.3) is 10.8 Å². The van der Waals surface area contributed by atoms with Crippen molar-refractivity contribution in [3.05, 3.63) is 112 Å². The molecule has 0 radical (unpaired) electrons. The Labute approximate surface area is 267 Å². The maximum Gasteiger partial charge on any atom is 0.258 e. The zero-order valence-corrected chi connectivity index (χ0v) is 26.5. The van der Waals surface area contributed by atoms with Gasteiger partial charge in [0.1, 0.15) is 6.04 Å². The van der Waals surface area contributed by atoms with Gasteiger partial charge in [0.2, 0.25) is 11.8 Å². The van der Waals surface area contributed by atoms with E-state index in [9.17, 15) is 14.4 Å². The van der Waals surface area contributed by atoms with Crippen LogP contribution in [0.1, 0.15) is 66.4 Å². The standard InChI is InChI=1S/C37H38BrN3O3/c38-29-21-19-27(20-22-29)25-41(33(24-26-10-3-1-4-11-26)36(43)39-30-14-5-2-6-15-30)34(42)18-9-23-40-32-17-8-13-28-12-7-16-31(35(28)32)37(40)44/h1,3-4,7-8,10-13,16-17,19-22,30,33H,2,5-6,9,14-15,18,23-25H2,(H,39,43)/t33-/m1/s1. The van der Waals surface area contributed by atoms with Gasteiger partial charge in [-0.15, -0.1) is 0 Å². The molecule has 1 atom stereocenters. The van der Waals surface area contributed by atoms with Crippen molar-refractivity contribution >= 4 is 50.1 Å². The smallest absolute Gasteiger partial charge is 0.258 e. The summed E-state index contributed by atoms with van der Waals surface area (Å²) in [6.07, 6.45) is 6.54. The van der Waals surface area contributed by atoms with Gasteiger partial charge in [-0.25, -0.2) is 0 Å². The number of amides is 3. The third kappa shape index (κ3) is 6.73. The van der Waals surface area contributed by atoms with Gasteiger partial charge in [-0.1, -0.05) is 102 Å². The van der Waals surface area contributed by atoms with Crippen molar-refractivity contribution in [2.24, 2.45) is 0 Å². The van der Waals surface area contributed by atoms with Crippen molar-refractivity contribution in [1.29, 1.82) is 0 Å². The number of nitrogens with zero attached hydrogens (tertiary/aromatic N) is 2. The number of carbonyl (C=O) groups is 3. The quantitative estimate of drug-likeness (QED) is 0.183. The summed E-state index contributed by atoms with van der Waals surface area (Å²) in [7, 11) is 0. The fourth-order valence-electron chi connectivity index (χ4n) is 6.62. The predicted octanol–water partition coefficient (Wildman–Crippen LogP) is 7.43. The molecule has 0 saturated heterocycles. The monoisotopic (exact) mass is 651 g/mol. The Morgan fingerprint density at radius 1 is 0.864 bits per heavy atom. The van der Waals surface area contributed by atoms with Gasteiger partial charge in [-0.05, 0) is 60.0 Å². The molecule has 2 aliphatic rings. The van der Waals surface area contributed by atoms with Gasteiger partial charge >= 0.3 is 0 Å². The number of carbonyl (C=O) groups excluding carboxylic acids is 3. The van der Waals surface area contributed by atoms with Crippen molar-refractivity contribution in [2.45, 2.75) is 70.0 Å². The molecule has 1 heterocycles. The van der Waals surface area contributed by atoms with E-state index in [1.165, 1.54) is 6.42 Å². The van der Waals surface area contributed by atoms with Gasteiger partial charge in [-0.2, -0.15) is 0 Å². The summed E-state index contributed by atoms with van der Waals surface area (Å²) in [5.74, 6) is -0.206. The van der Waals surface area contributed by atoms with Crippen LogP contribution in [-0.2, 0) is 22.6 Å². The molecule has 0 aromatic heterocycles. The van der Waals surface area contributed by atoms with Crippen LogP contribution < -0.4 is 10.2 Å². The molecule has 1 aliphatic heterocycles. The molecular weight excluding hydrogens is 614 g/mol. The van der Waals surface area contributed by atoms with Crippen molar-refractivity contribution in [3.8, 4) is 0 Å². The van der Waals surface area contributed by atoms with E-state index < -0.39 is 6.04 Å². The molecule has 44 heavy (non-hydrogen) atoms. The van der Waals surface area contributed by atoms with Gasteiger partial charge < -0.3 is 15.1 Å². The molecule has 4 aromatic rings. The van der Waals surface area contributed by atoms with E-state index in [0.29, 0.717) is 31.5 Å². The number of anilines is 1. The first-order chi connectivity index (χ1) is 21.5. The van der Waals surface area contributed by atoms with Crippen molar-refractivity contribution < 1.29 is 14.4 Å². The zero-order valence-electron chi connectivity index (χ0n) is 24.9. The summed E-state index contributed by atoms with van der Waals surface area (Å²) in [5, 5.41) is 5.32. The lowest BCUT2D eigenvalue weighted by Crippen LogP contribution is -2.52. The Kier molecular flexibility index (Phi) is 9.41. The molecule has 1 saturated carbocycles. The van der Waals surface area contributed by atoms with Crippen LogP contribution in [0.2, 0.25) is 0 Å². The number of benzene rings is 4. The molecule has 0 bridgehead atoms. The van der Waals surface area contributed by atoms with Gasteiger partial charge in [-0.3, -0.25) is 14.4 Å². The highest BCUT2D eigenvalue weighted by Gasteiger charge is 2.33. The largest absolute Gasteiger partial charge is 0.352 e. The lowest BCUT2D eigenvalue weighted by molar-refractivity contribution is -0.141.